The third-order valence-corrected chi connectivity index (χ3v) is 3.79. The minimum absolute atomic E-state index is 0.147. The van der Waals surface area contributed by atoms with E-state index in [0.29, 0.717) is 12.1 Å². The van der Waals surface area contributed by atoms with Gasteiger partial charge in [-0.05, 0) is 46.2 Å². The lowest BCUT2D eigenvalue weighted by molar-refractivity contribution is -0.124. The molecular formula is C13H27N3O. The number of hydrogen-bond donors (Lipinski definition) is 2. The molecule has 4 nitrogen and oxygen atoms in total. The lowest BCUT2D eigenvalue weighted by Gasteiger charge is -2.42. The minimum atomic E-state index is -0.209. The van der Waals surface area contributed by atoms with Crippen molar-refractivity contribution in [2.75, 3.05) is 13.1 Å². The number of amides is 1. The largest absolute Gasteiger partial charge is 0.368 e. The van der Waals surface area contributed by atoms with Crippen molar-refractivity contribution in [1.29, 1.82) is 0 Å². The highest BCUT2D eigenvalue weighted by Gasteiger charge is 2.32. The van der Waals surface area contributed by atoms with E-state index in [0.717, 1.165) is 25.9 Å². The Morgan fingerprint density at radius 1 is 1.47 bits per heavy atom. The molecule has 17 heavy (non-hydrogen) atoms. The van der Waals surface area contributed by atoms with Crippen molar-refractivity contribution in [3.63, 3.8) is 0 Å². The van der Waals surface area contributed by atoms with Crippen LogP contribution in [-0.2, 0) is 4.79 Å². The standard InChI is InChI=1S/C13H27N3O/c1-4-8-15-10(2)12-7-5-6-9-16(12)11(3)13(14)17/h10-12,15H,4-9H2,1-3H3,(H2,14,17). The third-order valence-electron chi connectivity index (χ3n) is 3.79. The van der Waals surface area contributed by atoms with Gasteiger partial charge in [0.25, 0.3) is 0 Å². The van der Waals surface area contributed by atoms with Crippen molar-refractivity contribution in [2.45, 2.75) is 64.6 Å². The molecule has 4 heteroatoms. The van der Waals surface area contributed by atoms with E-state index in [9.17, 15) is 4.79 Å². The van der Waals surface area contributed by atoms with Crippen LogP contribution in [0, 0.1) is 0 Å². The molecule has 0 aromatic heterocycles. The molecule has 1 heterocycles. The Kier molecular flexibility index (Phi) is 5.92. The first-order valence-corrected chi connectivity index (χ1v) is 6.86. The van der Waals surface area contributed by atoms with Gasteiger partial charge in [-0.25, -0.2) is 0 Å². The van der Waals surface area contributed by atoms with Crippen molar-refractivity contribution in [3.8, 4) is 0 Å². The molecule has 0 saturated carbocycles. The summed E-state index contributed by atoms with van der Waals surface area (Å²) in [5.41, 5.74) is 5.43. The van der Waals surface area contributed by atoms with E-state index in [-0.39, 0.29) is 11.9 Å². The summed E-state index contributed by atoms with van der Waals surface area (Å²) in [5.74, 6) is -0.209. The van der Waals surface area contributed by atoms with Crippen LogP contribution < -0.4 is 11.1 Å². The number of hydrogen-bond acceptors (Lipinski definition) is 3. The molecule has 0 radical (unpaired) electrons. The van der Waals surface area contributed by atoms with Gasteiger partial charge in [0, 0.05) is 12.1 Å². The topological polar surface area (TPSA) is 58.4 Å². The fraction of sp³-hybridized carbons (Fsp3) is 0.923. The van der Waals surface area contributed by atoms with Gasteiger partial charge in [-0.15, -0.1) is 0 Å². The Balaban J connectivity index is 2.61. The number of rotatable bonds is 6. The number of nitrogens with zero attached hydrogens (tertiary/aromatic N) is 1. The monoisotopic (exact) mass is 241 g/mol. The number of carbonyl (C=O) groups is 1. The molecule has 0 bridgehead atoms. The molecular weight excluding hydrogens is 214 g/mol. The summed E-state index contributed by atoms with van der Waals surface area (Å²) < 4.78 is 0. The predicted octanol–water partition coefficient (Wildman–Crippen LogP) is 1.10. The van der Waals surface area contributed by atoms with Gasteiger partial charge in [0.1, 0.15) is 0 Å². The summed E-state index contributed by atoms with van der Waals surface area (Å²) in [7, 11) is 0. The average molecular weight is 241 g/mol. The van der Waals surface area contributed by atoms with Crippen molar-refractivity contribution in [3.05, 3.63) is 0 Å². The van der Waals surface area contributed by atoms with Crippen LogP contribution in [0.4, 0.5) is 0 Å². The maximum atomic E-state index is 11.3. The maximum Gasteiger partial charge on any atom is 0.234 e. The molecule has 1 saturated heterocycles. The molecule has 1 rings (SSSR count). The molecule has 0 aromatic rings. The summed E-state index contributed by atoms with van der Waals surface area (Å²) >= 11 is 0. The van der Waals surface area contributed by atoms with Gasteiger partial charge in [0.05, 0.1) is 6.04 Å². The quantitative estimate of drug-likeness (QED) is 0.732. The third kappa shape index (κ3) is 3.96. The number of nitrogens with one attached hydrogen (secondary N) is 1. The lowest BCUT2D eigenvalue weighted by atomic mass is 9.94. The van der Waals surface area contributed by atoms with Gasteiger partial charge < -0.3 is 11.1 Å². The van der Waals surface area contributed by atoms with Gasteiger partial charge in [0.2, 0.25) is 5.91 Å². The van der Waals surface area contributed by atoms with Crippen LogP contribution >= 0.6 is 0 Å². The molecule has 0 aromatic carbocycles. The van der Waals surface area contributed by atoms with Gasteiger partial charge in [-0.2, -0.15) is 0 Å². The van der Waals surface area contributed by atoms with Crippen molar-refractivity contribution < 1.29 is 4.79 Å². The first-order chi connectivity index (χ1) is 8.07. The molecule has 1 aliphatic heterocycles. The maximum absolute atomic E-state index is 11.3. The fourth-order valence-corrected chi connectivity index (χ4v) is 2.67. The van der Waals surface area contributed by atoms with Crippen LogP contribution in [0.25, 0.3) is 0 Å². The smallest absolute Gasteiger partial charge is 0.234 e. The highest BCUT2D eigenvalue weighted by atomic mass is 16.1. The second-order valence-electron chi connectivity index (χ2n) is 5.12. The van der Waals surface area contributed by atoms with E-state index >= 15 is 0 Å². The average Bonchev–Trinajstić information content (AvgIpc) is 2.34. The van der Waals surface area contributed by atoms with Gasteiger partial charge in [0.15, 0.2) is 0 Å². The Hall–Kier alpha value is -0.610. The van der Waals surface area contributed by atoms with Crippen molar-refractivity contribution in [1.82, 2.24) is 10.2 Å². The predicted molar refractivity (Wildman–Crippen MR) is 70.8 cm³/mol. The zero-order valence-electron chi connectivity index (χ0n) is 11.4. The highest BCUT2D eigenvalue weighted by molar-refractivity contribution is 5.79. The summed E-state index contributed by atoms with van der Waals surface area (Å²) in [4.78, 5) is 13.6. The van der Waals surface area contributed by atoms with E-state index in [4.69, 9.17) is 5.73 Å². The van der Waals surface area contributed by atoms with Crippen molar-refractivity contribution >= 4 is 5.91 Å². The normalized spacial score (nSPS) is 25.5. The molecule has 0 aliphatic carbocycles. The van der Waals surface area contributed by atoms with Crippen LogP contribution in [0.1, 0.15) is 46.5 Å². The number of carbonyl (C=O) groups excluding carboxylic acids is 1. The Labute approximate surface area is 105 Å². The number of likely N-dealkylation sites (tertiary alicyclic amines) is 1. The second kappa shape index (κ2) is 6.97. The Morgan fingerprint density at radius 3 is 2.76 bits per heavy atom. The molecule has 3 N–H and O–H groups in total. The number of piperidine rings is 1. The molecule has 1 aliphatic rings. The fourth-order valence-electron chi connectivity index (χ4n) is 2.67. The van der Waals surface area contributed by atoms with E-state index < -0.39 is 0 Å². The van der Waals surface area contributed by atoms with Crippen LogP contribution in [0.5, 0.6) is 0 Å². The highest BCUT2D eigenvalue weighted by Crippen LogP contribution is 2.22. The molecule has 100 valence electrons. The summed E-state index contributed by atoms with van der Waals surface area (Å²) in [6.45, 7) is 8.34. The second-order valence-corrected chi connectivity index (χ2v) is 5.12. The van der Waals surface area contributed by atoms with E-state index in [1.54, 1.807) is 0 Å². The van der Waals surface area contributed by atoms with Crippen LogP contribution in [0.3, 0.4) is 0 Å². The van der Waals surface area contributed by atoms with Crippen LogP contribution in [0.15, 0.2) is 0 Å². The molecule has 0 spiro atoms. The Bertz CT molecular complexity index is 245. The van der Waals surface area contributed by atoms with Gasteiger partial charge >= 0.3 is 0 Å². The van der Waals surface area contributed by atoms with Gasteiger partial charge in [-0.1, -0.05) is 13.3 Å². The molecule has 1 amide bonds. The summed E-state index contributed by atoms with van der Waals surface area (Å²) in [5, 5.41) is 3.53. The van der Waals surface area contributed by atoms with E-state index in [1.165, 1.54) is 12.8 Å². The van der Waals surface area contributed by atoms with Crippen molar-refractivity contribution in [2.24, 2.45) is 5.73 Å². The van der Waals surface area contributed by atoms with Crippen LogP contribution in [-0.4, -0.2) is 42.0 Å². The number of primary amides is 1. The first kappa shape index (κ1) is 14.5. The minimum Gasteiger partial charge on any atom is -0.368 e. The van der Waals surface area contributed by atoms with Crippen LogP contribution in [0.2, 0.25) is 0 Å². The number of nitrogens with two attached hydrogens (primary N) is 1. The summed E-state index contributed by atoms with van der Waals surface area (Å²) in [6, 6.07) is 0.723. The van der Waals surface area contributed by atoms with Gasteiger partial charge in [-0.3, -0.25) is 9.69 Å². The summed E-state index contributed by atoms with van der Waals surface area (Å²) in [6.07, 6.45) is 4.73. The molecule has 1 fully saturated rings. The van der Waals surface area contributed by atoms with E-state index in [1.807, 2.05) is 6.92 Å². The zero-order valence-corrected chi connectivity index (χ0v) is 11.4. The lowest BCUT2D eigenvalue weighted by Crippen LogP contribution is -2.57. The zero-order chi connectivity index (χ0) is 12.8. The van der Waals surface area contributed by atoms with E-state index in [2.05, 4.69) is 24.1 Å². The Morgan fingerprint density at radius 2 is 2.18 bits per heavy atom. The molecule has 3 unspecified atom stereocenters. The molecule has 3 atom stereocenters. The first-order valence-electron chi connectivity index (χ1n) is 6.86. The SMILES string of the molecule is CCCNC(C)C1CCCCN1C(C)C(N)=O.